The number of imidazole rings is 1. The van der Waals surface area contributed by atoms with E-state index in [1.807, 2.05) is 24.6 Å². The fourth-order valence-electron chi connectivity index (χ4n) is 1.29. The van der Waals surface area contributed by atoms with Gasteiger partial charge in [-0.05, 0) is 20.3 Å². The fourth-order valence-corrected chi connectivity index (χ4v) is 1.29. The van der Waals surface area contributed by atoms with Gasteiger partial charge < -0.3 is 9.30 Å². The smallest absolute Gasteiger partial charge is 0.223 e. The molecule has 0 bridgehead atoms. The van der Waals surface area contributed by atoms with E-state index in [2.05, 4.69) is 11.9 Å². The number of nitrogens with zero attached hydrogens (tertiary/aromatic N) is 2. The number of ketones is 1. The molecule has 1 aromatic rings. The van der Waals surface area contributed by atoms with Crippen LogP contribution in [0.3, 0.4) is 0 Å². The molecule has 1 heterocycles. The monoisotopic (exact) mass is 210 g/mol. The molecular weight excluding hydrogens is 192 g/mol. The predicted octanol–water partition coefficient (Wildman–Crippen LogP) is 1.90. The van der Waals surface area contributed by atoms with E-state index in [0.717, 1.165) is 13.0 Å². The molecule has 0 aliphatic rings. The van der Waals surface area contributed by atoms with Gasteiger partial charge in [0, 0.05) is 18.9 Å². The quantitative estimate of drug-likeness (QED) is 0.673. The van der Waals surface area contributed by atoms with Crippen LogP contribution in [0.15, 0.2) is 12.4 Å². The van der Waals surface area contributed by atoms with Crippen molar-refractivity contribution in [2.24, 2.45) is 0 Å². The minimum Gasteiger partial charge on any atom is -0.371 e. The molecule has 1 aromatic heterocycles. The lowest BCUT2D eigenvalue weighted by Gasteiger charge is -2.07. The molecule has 0 saturated heterocycles. The molecule has 0 fully saturated rings. The second kappa shape index (κ2) is 5.66. The van der Waals surface area contributed by atoms with Crippen LogP contribution in [-0.4, -0.2) is 28.0 Å². The Morgan fingerprint density at radius 2 is 2.33 bits per heavy atom. The molecule has 0 N–H and O–H groups in total. The summed E-state index contributed by atoms with van der Waals surface area (Å²) in [6, 6.07) is 0. The maximum Gasteiger partial charge on any atom is 0.223 e. The minimum atomic E-state index is -0.0536. The van der Waals surface area contributed by atoms with Crippen LogP contribution in [0.4, 0.5) is 0 Å². The summed E-state index contributed by atoms with van der Waals surface area (Å²) in [5.41, 5.74) is 0. The van der Waals surface area contributed by atoms with Crippen molar-refractivity contribution in [2.45, 2.75) is 39.8 Å². The van der Waals surface area contributed by atoms with Crippen molar-refractivity contribution >= 4 is 5.78 Å². The number of hydrogen-bond acceptors (Lipinski definition) is 3. The largest absolute Gasteiger partial charge is 0.371 e. The predicted molar refractivity (Wildman–Crippen MR) is 57.9 cm³/mol. The van der Waals surface area contributed by atoms with Gasteiger partial charge >= 0.3 is 0 Å². The number of carbonyl (C=O) groups is 1. The SMILES string of the molecule is CCCn1ccnc1C(=O)COC(C)C. The summed E-state index contributed by atoms with van der Waals surface area (Å²) < 4.78 is 7.12. The Morgan fingerprint density at radius 1 is 1.60 bits per heavy atom. The summed E-state index contributed by atoms with van der Waals surface area (Å²) >= 11 is 0. The number of aromatic nitrogens is 2. The van der Waals surface area contributed by atoms with E-state index in [1.54, 1.807) is 6.20 Å². The highest BCUT2D eigenvalue weighted by Crippen LogP contribution is 2.02. The third-order valence-corrected chi connectivity index (χ3v) is 1.98. The van der Waals surface area contributed by atoms with Crippen LogP contribution >= 0.6 is 0 Å². The third kappa shape index (κ3) is 3.47. The molecule has 0 radical (unpaired) electrons. The van der Waals surface area contributed by atoms with Crippen molar-refractivity contribution in [1.82, 2.24) is 9.55 Å². The van der Waals surface area contributed by atoms with E-state index in [4.69, 9.17) is 4.74 Å². The molecule has 0 aromatic carbocycles. The molecule has 15 heavy (non-hydrogen) atoms. The van der Waals surface area contributed by atoms with Gasteiger partial charge in [0.2, 0.25) is 5.78 Å². The molecule has 0 amide bonds. The van der Waals surface area contributed by atoms with E-state index in [-0.39, 0.29) is 18.5 Å². The van der Waals surface area contributed by atoms with E-state index in [0.29, 0.717) is 5.82 Å². The van der Waals surface area contributed by atoms with Gasteiger partial charge in [0.05, 0.1) is 6.10 Å². The number of Topliss-reactive ketones (excluding diaryl/α,β-unsaturated/α-hetero) is 1. The first-order valence-corrected chi connectivity index (χ1v) is 5.31. The van der Waals surface area contributed by atoms with Crippen molar-refractivity contribution < 1.29 is 9.53 Å². The lowest BCUT2D eigenvalue weighted by Crippen LogP contribution is -2.18. The zero-order chi connectivity index (χ0) is 11.3. The highest BCUT2D eigenvalue weighted by atomic mass is 16.5. The number of rotatable bonds is 6. The van der Waals surface area contributed by atoms with Gasteiger partial charge in [0.25, 0.3) is 0 Å². The average Bonchev–Trinajstić information content (AvgIpc) is 2.63. The Bertz CT molecular complexity index is 318. The lowest BCUT2D eigenvalue weighted by atomic mass is 10.3. The Morgan fingerprint density at radius 3 is 2.93 bits per heavy atom. The first-order chi connectivity index (χ1) is 7.15. The van der Waals surface area contributed by atoms with Gasteiger partial charge in [-0.25, -0.2) is 4.98 Å². The lowest BCUT2D eigenvalue weighted by molar-refractivity contribution is 0.0572. The van der Waals surface area contributed by atoms with Crippen molar-refractivity contribution in [2.75, 3.05) is 6.61 Å². The van der Waals surface area contributed by atoms with Gasteiger partial charge in [0.15, 0.2) is 5.82 Å². The summed E-state index contributed by atoms with van der Waals surface area (Å²) in [7, 11) is 0. The Balaban J connectivity index is 2.60. The highest BCUT2D eigenvalue weighted by Gasteiger charge is 2.12. The Kier molecular flexibility index (Phi) is 4.49. The van der Waals surface area contributed by atoms with Crippen LogP contribution in [0.25, 0.3) is 0 Å². The number of aryl methyl sites for hydroxylation is 1. The second-order valence-electron chi connectivity index (χ2n) is 3.73. The first kappa shape index (κ1) is 11.9. The molecule has 0 aliphatic carbocycles. The molecule has 1 rings (SSSR count). The van der Waals surface area contributed by atoms with Crippen molar-refractivity contribution in [3.63, 3.8) is 0 Å². The fraction of sp³-hybridized carbons (Fsp3) is 0.636. The summed E-state index contributed by atoms with van der Waals surface area (Å²) in [6.07, 6.45) is 4.54. The molecule has 84 valence electrons. The molecule has 0 atom stereocenters. The maximum absolute atomic E-state index is 11.7. The first-order valence-electron chi connectivity index (χ1n) is 5.31. The molecule has 0 saturated carbocycles. The molecule has 4 nitrogen and oxygen atoms in total. The standard InChI is InChI=1S/C11H18N2O2/c1-4-6-13-7-5-12-11(13)10(14)8-15-9(2)3/h5,7,9H,4,6,8H2,1-3H3. The van der Waals surface area contributed by atoms with Gasteiger partial charge in [-0.3, -0.25) is 4.79 Å². The highest BCUT2D eigenvalue weighted by molar-refractivity contribution is 5.93. The molecule has 4 heteroatoms. The van der Waals surface area contributed by atoms with Crippen LogP contribution < -0.4 is 0 Å². The van der Waals surface area contributed by atoms with E-state index >= 15 is 0 Å². The van der Waals surface area contributed by atoms with Crippen LogP contribution in [0.5, 0.6) is 0 Å². The zero-order valence-electron chi connectivity index (χ0n) is 9.56. The Labute approximate surface area is 90.3 Å². The molecule has 0 aliphatic heterocycles. The van der Waals surface area contributed by atoms with Gasteiger partial charge in [-0.1, -0.05) is 6.92 Å². The van der Waals surface area contributed by atoms with Crippen molar-refractivity contribution in [1.29, 1.82) is 0 Å². The van der Waals surface area contributed by atoms with Gasteiger partial charge in [-0.2, -0.15) is 0 Å². The summed E-state index contributed by atoms with van der Waals surface area (Å²) in [5.74, 6) is 0.444. The van der Waals surface area contributed by atoms with Crippen LogP contribution in [-0.2, 0) is 11.3 Å². The van der Waals surface area contributed by atoms with E-state index < -0.39 is 0 Å². The average molecular weight is 210 g/mol. The van der Waals surface area contributed by atoms with Crippen molar-refractivity contribution in [3.05, 3.63) is 18.2 Å². The molecule has 0 spiro atoms. The molecule has 0 unspecified atom stereocenters. The second-order valence-corrected chi connectivity index (χ2v) is 3.73. The number of ether oxygens (including phenoxy) is 1. The van der Waals surface area contributed by atoms with E-state index in [9.17, 15) is 4.79 Å². The van der Waals surface area contributed by atoms with E-state index in [1.165, 1.54) is 0 Å². The third-order valence-electron chi connectivity index (χ3n) is 1.98. The summed E-state index contributed by atoms with van der Waals surface area (Å²) in [4.78, 5) is 15.7. The number of carbonyl (C=O) groups excluding carboxylic acids is 1. The number of hydrogen-bond donors (Lipinski definition) is 0. The van der Waals surface area contributed by atoms with Crippen LogP contribution in [0, 0.1) is 0 Å². The normalized spacial score (nSPS) is 10.9. The molecular formula is C11H18N2O2. The Hall–Kier alpha value is -1.16. The van der Waals surface area contributed by atoms with Crippen molar-refractivity contribution in [3.8, 4) is 0 Å². The summed E-state index contributed by atoms with van der Waals surface area (Å²) in [6.45, 7) is 6.82. The van der Waals surface area contributed by atoms with Gasteiger partial charge in [-0.15, -0.1) is 0 Å². The van der Waals surface area contributed by atoms with Gasteiger partial charge in [0.1, 0.15) is 6.61 Å². The van der Waals surface area contributed by atoms with Crippen LogP contribution in [0.1, 0.15) is 37.8 Å². The zero-order valence-corrected chi connectivity index (χ0v) is 9.56. The maximum atomic E-state index is 11.7. The minimum absolute atomic E-state index is 0.0536. The van der Waals surface area contributed by atoms with Crippen LogP contribution in [0.2, 0.25) is 0 Å². The topological polar surface area (TPSA) is 44.1 Å². The summed E-state index contributed by atoms with van der Waals surface area (Å²) in [5, 5.41) is 0.